The fraction of sp³-hybridized carbons (Fsp3) is 0.150. The van der Waals surface area contributed by atoms with Gasteiger partial charge in [0.05, 0.1) is 26.0 Å². The van der Waals surface area contributed by atoms with Crippen molar-refractivity contribution in [3.63, 3.8) is 0 Å². The van der Waals surface area contributed by atoms with Crippen LogP contribution in [0.5, 0.6) is 0 Å². The van der Waals surface area contributed by atoms with Crippen LogP contribution in [0.25, 0.3) is 10.2 Å². The molecule has 4 rings (SSSR count). The van der Waals surface area contributed by atoms with Crippen LogP contribution in [-0.4, -0.2) is 29.5 Å². The Hall–Kier alpha value is -2.47. The minimum absolute atomic E-state index is 0.147. The Kier molecular flexibility index (Phi) is 6.28. The zero-order valence-electron chi connectivity index (χ0n) is 16.5. The number of benzene rings is 2. The number of hydrogen-bond donors (Lipinski definition) is 2. The van der Waals surface area contributed by atoms with Crippen molar-refractivity contribution in [3.8, 4) is 0 Å². The molecule has 0 aliphatic carbocycles. The van der Waals surface area contributed by atoms with Crippen molar-refractivity contribution in [1.82, 2.24) is 9.97 Å². The molecule has 2 aromatic heterocycles. The molecule has 0 radical (unpaired) electrons. The minimum atomic E-state index is -3.68. The summed E-state index contributed by atoms with van der Waals surface area (Å²) in [5, 5.41) is 4.78. The Balaban J connectivity index is 1.47. The molecule has 0 aliphatic heterocycles. The maximum absolute atomic E-state index is 12.6. The highest BCUT2D eigenvalue weighted by Crippen LogP contribution is 2.34. The first-order valence-electron chi connectivity index (χ1n) is 9.17. The van der Waals surface area contributed by atoms with Crippen molar-refractivity contribution in [1.29, 1.82) is 0 Å². The molecule has 0 saturated carbocycles. The molecule has 4 aromatic rings. The Labute approximate surface area is 192 Å². The van der Waals surface area contributed by atoms with Crippen LogP contribution in [0.2, 0.25) is 0 Å². The fourth-order valence-electron chi connectivity index (χ4n) is 2.65. The molecule has 0 unspecified atom stereocenters. The maximum Gasteiger partial charge on any atom is 0.261 e. The predicted octanol–water partition coefficient (Wildman–Crippen LogP) is 4.98. The number of nitrogens with one attached hydrogen (secondary N) is 2. The minimum Gasteiger partial charge on any atom is -0.301 e. The lowest BCUT2D eigenvalue weighted by Crippen LogP contribution is -2.22. The van der Waals surface area contributed by atoms with Crippen LogP contribution in [0, 0.1) is 6.92 Å². The third-order valence-corrected chi connectivity index (χ3v) is 8.56. The van der Waals surface area contributed by atoms with Crippen molar-refractivity contribution in [2.24, 2.45) is 0 Å². The van der Waals surface area contributed by atoms with E-state index in [0.29, 0.717) is 10.8 Å². The smallest absolute Gasteiger partial charge is 0.261 e. The van der Waals surface area contributed by atoms with Gasteiger partial charge in [-0.2, -0.15) is 0 Å². The molecule has 0 spiro atoms. The van der Waals surface area contributed by atoms with E-state index in [1.165, 1.54) is 34.4 Å². The highest BCUT2D eigenvalue weighted by Gasteiger charge is 2.19. The number of thioether (sulfide) groups is 1. The Morgan fingerprint density at radius 3 is 2.65 bits per heavy atom. The molecular weight excluding hydrogens is 473 g/mol. The number of nitrogens with zero attached hydrogens (tertiary/aromatic N) is 2. The van der Waals surface area contributed by atoms with E-state index in [1.54, 1.807) is 61.0 Å². The van der Waals surface area contributed by atoms with E-state index in [-0.39, 0.29) is 16.1 Å². The van der Waals surface area contributed by atoms with Crippen LogP contribution in [0.3, 0.4) is 0 Å². The van der Waals surface area contributed by atoms with Crippen LogP contribution in [0.4, 0.5) is 10.8 Å². The number of carbonyl (C=O) groups is 1. The summed E-state index contributed by atoms with van der Waals surface area (Å²) in [5.74, 6) is -0.147. The lowest BCUT2D eigenvalue weighted by molar-refractivity contribution is -0.115. The van der Waals surface area contributed by atoms with Gasteiger partial charge in [-0.15, -0.1) is 22.7 Å². The largest absolute Gasteiger partial charge is 0.301 e. The number of fused-ring (bicyclic) bond motifs is 1. The highest BCUT2D eigenvalue weighted by atomic mass is 32.2. The van der Waals surface area contributed by atoms with Gasteiger partial charge in [0.25, 0.3) is 10.0 Å². The van der Waals surface area contributed by atoms with Gasteiger partial charge >= 0.3 is 0 Å². The Morgan fingerprint density at radius 1 is 1.16 bits per heavy atom. The topological polar surface area (TPSA) is 101 Å². The Bertz CT molecular complexity index is 1320. The van der Waals surface area contributed by atoms with Crippen molar-refractivity contribution in [2.45, 2.75) is 28.3 Å². The molecule has 1 amide bonds. The van der Waals surface area contributed by atoms with Gasteiger partial charge in [0.1, 0.15) is 0 Å². The number of sulfonamides is 1. The van der Waals surface area contributed by atoms with Gasteiger partial charge in [-0.1, -0.05) is 29.5 Å². The van der Waals surface area contributed by atoms with E-state index >= 15 is 0 Å². The summed E-state index contributed by atoms with van der Waals surface area (Å²) in [4.78, 5) is 21.1. The molecule has 0 aliphatic rings. The van der Waals surface area contributed by atoms with E-state index in [0.717, 1.165) is 20.1 Å². The standard InChI is InChI=1S/C20H18N4O3S4/c1-12-3-6-15(7-4-12)31(26,27)24-14-5-8-16-17(11-14)30-20(22-16)29-13(2)18(25)23-19-21-9-10-28-19/h3-11,13,24H,1-2H3,(H,21,23,25)/t13-/m1/s1. The fourth-order valence-corrected chi connectivity index (χ4v) is 6.48. The van der Waals surface area contributed by atoms with E-state index < -0.39 is 10.0 Å². The van der Waals surface area contributed by atoms with Gasteiger partial charge in [-0.05, 0) is 44.2 Å². The zero-order valence-corrected chi connectivity index (χ0v) is 19.8. The second-order valence-corrected chi connectivity index (χ2v) is 11.9. The van der Waals surface area contributed by atoms with Crippen molar-refractivity contribution >= 4 is 71.4 Å². The number of amides is 1. The number of aromatic nitrogens is 2. The highest BCUT2D eigenvalue weighted by molar-refractivity contribution is 8.02. The molecular formula is C20H18N4O3S4. The normalized spacial score (nSPS) is 12.6. The quantitative estimate of drug-likeness (QED) is 0.354. The molecule has 0 saturated heterocycles. The first kappa shape index (κ1) is 21.8. The van der Waals surface area contributed by atoms with Gasteiger partial charge in [-0.3, -0.25) is 9.52 Å². The third-order valence-electron chi connectivity index (χ3n) is 4.26. The molecule has 31 heavy (non-hydrogen) atoms. The average molecular weight is 491 g/mol. The molecule has 1 atom stereocenters. The summed E-state index contributed by atoms with van der Waals surface area (Å²) >= 11 is 4.13. The number of thiazole rings is 2. The molecule has 2 aromatic carbocycles. The second kappa shape index (κ2) is 8.95. The predicted molar refractivity (Wildman–Crippen MR) is 128 cm³/mol. The lowest BCUT2D eigenvalue weighted by Gasteiger charge is -2.08. The number of anilines is 2. The van der Waals surface area contributed by atoms with E-state index in [9.17, 15) is 13.2 Å². The van der Waals surface area contributed by atoms with E-state index in [4.69, 9.17) is 0 Å². The Morgan fingerprint density at radius 2 is 1.94 bits per heavy atom. The molecule has 160 valence electrons. The van der Waals surface area contributed by atoms with Crippen molar-refractivity contribution in [2.75, 3.05) is 10.0 Å². The van der Waals surface area contributed by atoms with Crippen LogP contribution in [0.15, 0.2) is 63.3 Å². The van der Waals surface area contributed by atoms with E-state index in [2.05, 4.69) is 20.0 Å². The van der Waals surface area contributed by atoms with Crippen LogP contribution < -0.4 is 10.0 Å². The number of rotatable bonds is 7. The third kappa shape index (κ3) is 5.24. The number of aryl methyl sites for hydroxylation is 1. The first-order chi connectivity index (χ1) is 14.8. The van der Waals surface area contributed by atoms with Crippen molar-refractivity contribution in [3.05, 3.63) is 59.6 Å². The maximum atomic E-state index is 12.6. The van der Waals surface area contributed by atoms with Gasteiger partial charge in [0.2, 0.25) is 5.91 Å². The first-order valence-corrected chi connectivity index (χ1v) is 13.2. The summed E-state index contributed by atoms with van der Waals surface area (Å²) in [6.07, 6.45) is 1.64. The van der Waals surface area contributed by atoms with Crippen LogP contribution in [-0.2, 0) is 14.8 Å². The second-order valence-electron chi connectivity index (χ2n) is 6.67. The summed E-state index contributed by atoms with van der Waals surface area (Å²) in [7, 11) is -3.68. The molecule has 2 heterocycles. The molecule has 7 nitrogen and oxygen atoms in total. The van der Waals surface area contributed by atoms with Gasteiger partial charge in [-0.25, -0.2) is 18.4 Å². The van der Waals surface area contributed by atoms with Crippen LogP contribution in [0.1, 0.15) is 12.5 Å². The summed E-state index contributed by atoms with van der Waals surface area (Å²) in [6.45, 7) is 3.71. The van der Waals surface area contributed by atoms with Gasteiger partial charge < -0.3 is 5.32 Å². The average Bonchev–Trinajstić information content (AvgIpc) is 3.37. The SMILES string of the molecule is Cc1ccc(S(=O)(=O)Nc2ccc3nc(S[C@H](C)C(=O)Nc4nccs4)sc3c2)cc1. The van der Waals surface area contributed by atoms with Crippen LogP contribution >= 0.6 is 34.4 Å². The molecule has 0 bridgehead atoms. The van der Waals surface area contributed by atoms with Crippen molar-refractivity contribution < 1.29 is 13.2 Å². The van der Waals surface area contributed by atoms with Gasteiger partial charge in [0, 0.05) is 11.6 Å². The molecule has 0 fully saturated rings. The monoisotopic (exact) mass is 490 g/mol. The number of carbonyl (C=O) groups excluding carboxylic acids is 1. The van der Waals surface area contributed by atoms with E-state index in [1.807, 2.05) is 6.92 Å². The zero-order chi connectivity index (χ0) is 22.0. The summed E-state index contributed by atoms with van der Waals surface area (Å²) < 4.78 is 29.4. The molecule has 2 N–H and O–H groups in total. The summed E-state index contributed by atoms with van der Waals surface area (Å²) in [6, 6.07) is 11.9. The van der Waals surface area contributed by atoms with Gasteiger partial charge in [0.15, 0.2) is 9.47 Å². The number of hydrogen-bond acceptors (Lipinski definition) is 8. The lowest BCUT2D eigenvalue weighted by atomic mass is 10.2. The molecule has 11 heteroatoms. The summed E-state index contributed by atoms with van der Waals surface area (Å²) in [5.41, 5.74) is 2.20.